The van der Waals surface area contributed by atoms with E-state index in [1.807, 2.05) is 11.8 Å². The van der Waals surface area contributed by atoms with Crippen molar-refractivity contribution in [3.63, 3.8) is 0 Å². The lowest BCUT2D eigenvalue weighted by atomic mass is 10.3. The van der Waals surface area contributed by atoms with E-state index in [1.54, 1.807) is 0 Å². The summed E-state index contributed by atoms with van der Waals surface area (Å²) in [5, 5.41) is 11.2. The lowest BCUT2D eigenvalue weighted by molar-refractivity contribution is 0.507. The Morgan fingerprint density at radius 2 is 2.36 bits per heavy atom. The molecule has 1 aromatic heterocycles. The van der Waals surface area contributed by atoms with Crippen molar-refractivity contribution >= 4 is 17.8 Å². The molecule has 0 aliphatic carbocycles. The number of anilines is 1. The maximum Gasteiger partial charge on any atom is 0.315 e. The van der Waals surface area contributed by atoms with Crippen LogP contribution in [0.3, 0.4) is 0 Å². The summed E-state index contributed by atoms with van der Waals surface area (Å²) in [6, 6.07) is 0.457. The van der Waals surface area contributed by atoms with Gasteiger partial charge < -0.3 is 15.5 Å². The molecule has 0 fully saturated rings. The third kappa shape index (κ3) is 3.55. The van der Waals surface area contributed by atoms with Gasteiger partial charge in [0.2, 0.25) is 5.89 Å². The van der Waals surface area contributed by atoms with Gasteiger partial charge in [-0.1, -0.05) is 12.0 Å². The first-order valence-corrected chi connectivity index (χ1v) is 5.84. The number of hydrogen-bond donors (Lipinski definition) is 2. The molecule has 0 amide bonds. The first kappa shape index (κ1) is 11.3. The van der Waals surface area contributed by atoms with Gasteiger partial charge in [0.05, 0.1) is 6.54 Å². The molecular weight excluding hydrogens is 200 g/mol. The number of nitrogens with two attached hydrogens (primary N) is 1. The second kappa shape index (κ2) is 5.87. The van der Waals surface area contributed by atoms with Crippen LogP contribution in [-0.2, 0) is 6.54 Å². The number of thioether (sulfide) groups is 1. The lowest BCUT2D eigenvalue weighted by Gasteiger charge is -2.06. The molecule has 0 saturated carbocycles. The van der Waals surface area contributed by atoms with Gasteiger partial charge in [-0.15, -0.1) is 5.10 Å². The van der Waals surface area contributed by atoms with E-state index in [9.17, 15) is 0 Å². The zero-order valence-corrected chi connectivity index (χ0v) is 9.30. The molecule has 0 aromatic carbocycles. The standard InChI is InChI=1S/C8H16N4OS/c1-6(14-2)3-4-10-8-12-11-7(5-9)13-8/h6H,3-5,9H2,1-2H3,(H,10,12). The Morgan fingerprint density at radius 1 is 1.57 bits per heavy atom. The summed E-state index contributed by atoms with van der Waals surface area (Å²) in [7, 11) is 0. The normalized spacial score (nSPS) is 12.8. The van der Waals surface area contributed by atoms with Crippen molar-refractivity contribution in [2.75, 3.05) is 18.1 Å². The van der Waals surface area contributed by atoms with Crippen LogP contribution >= 0.6 is 11.8 Å². The molecule has 1 aromatic rings. The van der Waals surface area contributed by atoms with Crippen molar-refractivity contribution < 1.29 is 4.42 Å². The van der Waals surface area contributed by atoms with Gasteiger partial charge in [-0.2, -0.15) is 11.8 Å². The van der Waals surface area contributed by atoms with E-state index in [-0.39, 0.29) is 6.54 Å². The maximum absolute atomic E-state index is 5.33. The summed E-state index contributed by atoms with van der Waals surface area (Å²) in [4.78, 5) is 0. The molecule has 0 saturated heterocycles. The van der Waals surface area contributed by atoms with Crippen molar-refractivity contribution in [1.29, 1.82) is 0 Å². The average Bonchev–Trinajstić information content (AvgIpc) is 2.65. The molecule has 0 radical (unpaired) electrons. The van der Waals surface area contributed by atoms with Crippen LogP contribution in [0, 0.1) is 0 Å². The van der Waals surface area contributed by atoms with Crippen molar-refractivity contribution in [3.8, 4) is 0 Å². The molecule has 1 heterocycles. The third-order valence-corrected chi connectivity index (χ3v) is 2.91. The Bertz CT molecular complexity index is 266. The number of rotatable bonds is 6. The smallest absolute Gasteiger partial charge is 0.315 e. The molecule has 1 unspecified atom stereocenters. The van der Waals surface area contributed by atoms with E-state index in [2.05, 4.69) is 28.7 Å². The Balaban J connectivity index is 2.24. The molecule has 14 heavy (non-hydrogen) atoms. The third-order valence-electron chi connectivity index (χ3n) is 1.87. The van der Waals surface area contributed by atoms with E-state index >= 15 is 0 Å². The average molecular weight is 216 g/mol. The minimum absolute atomic E-state index is 0.288. The predicted octanol–water partition coefficient (Wildman–Crippen LogP) is 1.08. The zero-order chi connectivity index (χ0) is 10.4. The van der Waals surface area contributed by atoms with Gasteiger partial charge in [-0.25, -0.2) is 0 Å². The van der Waals surface area contributed by atoms with Crippen LogP contribution in [0.2, 0.25) is 0 Å². The van der Waals surface area contributed by atoms with Gasteiger partial charge in [0, 0.05) is 11.8 Å². The minimum atomic E-state index is 0.288. The molecule has 1 atom stereocenters. The van der Waals surface area contributed by atoms with E-state index in [1.165, 1.54) is 0 Å². The maximum atomic E-state index is 5.33. The molecule has 0 aliphatic heterocycles. The fraction of sp³-hybridized carbons (Fsp3) is 0.750. The monoisotopic (exact) mass is 216 g/mol. The van der Waals surface area contributed by atoms with E-state index in [4.69, 9.17) is 10.2 Å². The van der Waals surface area contributed by atoms with Crippen LogP contribution in [0.25, 0.3) is 0 Å². The summed E-state index contributed by atoms with van der Waals surface area (Å²) in [6.07, 6.45) is 3.17. The SMILES string of the molecule is CSC(C)CCNc1nnc(CN)o1. The molecule has 5 nitrogen and oxygen atoms in total. The van der Waals surface area contributed by atoms with Crippen LogP contribution < -0.4 is 11.1 Å². The molecule has 0 bridgehead atoms. The van der Waals surface area contributed by atoms with Crippen molar-refractivity contribution in [2.24, 2.45) is 5.73 Å². The van der Waals surface area contributed by atoms with Gasteiger partial charge in [0.1, 0.15) is 0 Å². The summed E-state index contributed by atoms with van der Waals surface area (Å²) in [5.74, 6) is 0.463. The number of aromatic nitrogens is 2. The Labute approximate surface area is 87.8 Å². The second-order valence-corrected chi connectivity index (χ2v) is 4.24. The largest absolute Gasteiger partial charge is 0.407 e. The fourth-order valence-corrected chi connectivity index (χ4v) is 1.26. The highest BCUT2D eigenvalue weighted by Crippen LogP contribution is 2.10. The van der Waals surface area contributed by atoms with Gasteiger partial charge in [0.25, 0.3) is 0 Å². The molecule has 1 rings (SSSR count). The Kier molecular flexibility index (Phi) is 4.75. The number of nitrogens with one attached hydrogen (secondary N) is 1. The highest BCUT2D eigenvalue weighted by atomic mass is 32.2. The minimum Gasteiger partial charge on any atom is -0.407 e. The summed E-state index contributed by atoms with van der Waals surface area (Å²) in [6.45, 7) is 3.32. The molecule has 0 spiro atoms. The lowest BCUT2D eigenvalue weighted by Crippen LogP contribution is -2.07. The molecule has 80 valence electrons. The van der Waals surface area contributed by atoms with Crippen molar-refractivity contribution in [3.05, 3.63) is 5.89 Å². The molecule has 3 N–H and O–H groups in total. The topological polar surface area (TPSA) is 77.0 Å². The van der Waals surface area contributed by atoms with Gasteiger partial charge in [-0.3, -0.25) is 0 Å². The van der Waals surface area contributed by atoms with Crippen LogP contribution in [0.5, 0.6) is 0 Å². The Hall–Kier alpha value is -0.750. The van der Waals surface area contributed by atoms with E-state index < -0.39 is 0 Å². The summed E-state index contributed by atoms with van der Waals surface area (Å²) >= 11 is 1.84. The van der Waals surface area contributed by atoms with Gasteiger partial charge >= 0.3 is 6.01 Å². The summed E-state index contributed by atoms with van der Waals surface area (Å²) in [5.41, 5.74) is 5.33. The Morgan fingerprint density at radius 3 is 2.93 bits per heavy atom. The zero-order valence-electron chi connectivity index (χ0n) is 8.49. The van der Waals surface area contributed by atoms with Crippen LogP contribution in [-0.4, -0.2) is 28.2 Å². The van der Waals surface area contributed by atoms with Crippen molar-refractivity contribution in [1.82, 2.24) is 10.2 Å². The molecular formula is C8H16N4OS. The first-order valence-electron chi connectivity index (χ1n) is 4.55. The number of nitrogens with zero attached hydrogens (tertiary/aromatic N) is 2. The van der Waals surface area contributed by atoms with Crippen molar-refractivity contribution in [2.45, 2.75) is 25.1 Å². The van der Waals surface area contributed by atoms with Gasteiger partial charge in [0.15, 0.2) is 0 Å². The number of hydrogen-bond acceptors (Lipinski definition) is 6. The summed E-state index contributed by atoms with van der Waals surface area (Å²) < 4.78 is 5.18. The van der Waals surface area contributed by atoms with Crippen LogP contribution in [0.1, 0.15) is 19.2 Å². The molecule has 6 heteroatoms. The fourth-order valence-electron chi connectivity index (χ4n) is 0.908. The van der Waals surface area contributed by atoms with E-state index in [0.29, 0.717) is 17.2 Å². The quantitative estimate of drug-likeness (QED) is 0.741. The van der Waals surface area contributed by atoms with Crippen LogP contribution in [0.15, 0.2) is 4.42 Å². The highest BCUT2D eigenvalue weighted by Gasteiger charge is 2.04. The predicted molar refractivity (Wildman–Crippen MR) is 58.3 cm³/mol. The van der Waals surface area contributed by atoms with Gasteiger partial charge in [-0.05, 0) is 12.7 Å². The highest BCUT2D eigenvalue weighted by molar-refractivity contribution is 7.99. The molecule has 0 aliphatic rings. The second-order valence-electron chi connectivity index (χ2n) is 2.97. The first-order chi connectivity index (χ1) is 6.76. The van der Waals surface area contributed by atoms with Crippen LogP contribution in [0.4, 0.5) is 6.01 Å². The van der Waals surface area contributed by atoms with E-state index in [0.717, 1.165) is 13.0 Å².